The molecule has 1 N–H and O–H groups in total. The highest BCUT2D eigenvalue weighted by molar-refractivity contribution is 7.97. The molecule has 4 saturated heterocycles. The van der Waals surface area contributed by atoms with Crippen molar-refractivity contribution in [1.82, 2.24) is 0 Å². The predicted octanol–water partition coefficient (Wildman–Crippen LogP) is 12.3. The number of methoxy groups -OCH3 is 5. The maximum absolute atomic E-state index is 12.9. The van der Waals surface area contributed by atoms with Crippen LogP contribution in [0, 0.1) is 17.8 Å². The number of benzene rings is 7. The standard InChI is InChI=1S/C46H58O12S2.C31H36O10S/c1-7-42-32(3)41(54-26-34-15-21-38(51-5)22-16-34)30-59(42)29-31(2)43(58-60(47,48)49)45(55-27-35-17-23-39(52-6)24-18-35)44-40(53-25-33-13-19-37(50-4)20-14-33)28-56-46(57-44)36-11-9-8-10-12-36;1-21-17-39-42(32,33)41-28(21)30(37-19-23-11-15-26(35-3)16-12-23)29-27(36-18-22-9-13-25(34-2)14-10-22)20-38-31(40-29)24-7-5-4-6-8-24/h8-24,31-32,40-46H,7,25-30H2,1-6H3;4-16,21,27-31H,17-20H2,1-3H3/p+1/t31-,32+,40+,41-,42-,43-,44-,45+,46?,59?;21-,27+,28-,29-,30+,31?/m11/s1. The molecule has 7 aromatic rings. The quantitative estimate of drug-likeness (QED) is 0.0304. The van der Waals surface area contributed by atoms with Crippen LogP contribution in [0.5, 0.6) is 28.7 Å². The molecule has 22 nitrogen and oxygen atoms in total. The summed E-state index contributed by atoms with van der Waals surface area (Å²) in [7, 11) is -1.31. The zero-order valence-electron chi connectivity index (χ0n) is 59.0. The van der Waals surface area contributed by atoms with Gasteiger partial charge in [0.25, 0.3) is 0 Å². The lowest BCUT2D eigenvalue weighted by atomic mass is 9.93. The van der Waals surface area contributed by atoms with Crippen molar-refractivity contribution in [3.63, 3.8) is 0 Å². The first-order valence-corrected chi connectivity index (χ1v) is 38.4. The Morgan fingerprint density at radius 1 is 0.510 bits per heavy atom. The molecule has 0 spiro atoms. The number of hydrogen-bond donors (Lipinski definition) is 1. The summed E-state index contributed by atoms with van der Waals surface area (Å²) in [5.74, 6) is 4.59. The molecule has 16 atom stereocenters. The third-order valence-corrected chi connectivity index (χ3v) is 23.2. The third-order valence-electron chi connectivity index (χ3n) is 18.5. The maximum atomic E-state index is 12.9. The van der Waals surface area contributed by atoms with E-state index in [1.165, 1.54) is 0 Å². The predicted molar refractivity (Wildman–Crippen MR) is 383 cm³/mol. The highest BCUT2D eigenvalue weighted by atomic mass is 32.3. The van der Waals surface area contributed by atoms with E-state index >= 15 is 0 Å². The van der Waals surface area contributed by atoms with Crippen molar-refractivity contribution in [3.05, 3.63) is 221 Å². The Morgan fingerprint density at radius 2 is 0.902 bits per heavy atom. The molecule has 0 saturated carbocycles. The fourth-order valence-electron chi connectivity index (χ4n) is 12.9. The van der Waals surface area contributed by atoms with Crippen LogP contribution >= 0.6 is 0 Å². The summed E-state index contributed by atoms with van der Waals surface area (Å²) in [4.78, 5) is 0. The molecule has 4 fully saturated rings. The maximum Gasteiger partial charge on any atom is 0.400 e. The molecule has 4 heterocycles. The summed E-state index contributed by atoms with van der Waals surface area (Å²) in [6.45, 7) is 9.68. The molecule has 0 radical (unpaired) electrons. The Balaban J connectivity index is 0.000000234. The molecule has 0 bridgehead atoms. The molecule has 25 heteroatoms. The van der Waals surface area contributed by atoms with E-state index in [4.69, 9.17) is 78.9 Å². The summed E-state index contributed by atoms with van der Waals surface area (Å²) in [6.07, 6.45) is -7.52. The number of hydrogen-bond acceptors (Lipinski definition) is 21. The van der Waals surface area contributed by atoms with Crippen LogP contribution in [0.25, 0.3) is 0 Å². The van der Waals surface area contributed by atoms with Gasteiger partial charge in [-0.3, -0.25) is 4.55 Å². The second-order valence-corrected chi connectivity index (χ2v) is 30.2. The van der Waals surface area contributed by atoms with E-state index < -0.39 is 88.1 Å². The second-order valence-electron chi connectivity index (χ2n) is 25.6. The van der Waals surface area contributed by atoms with E-state index in [0.29, 0.717) is 29.1 Å². The van der Waals surface area contributed by atoms with Crippen LogP contribution in [0.3, 0.4) is 0 Å². The molecule has 0 aromatic heterocycles. The minimum Gasteiger partial charge on any atom is -0.497 e. The summed E-state index contributed by atoms with van der Waals surface area (Å²) in [5, 5.41) is 0.334. The van der Waals surface area contributed by atoms with Crippen LogP contribution in [0.15, 0.2) is 182 Å². The van der Waals surface area contributed by atoms with Gasteiger partial charge in [0, 0.05) is 28.9 Å². The largest absolute Gasteiger partial charge is 0.497 e. The molecule has 4 aliphatic rings. The van der Waals surface area contributed by atoms with Crippen molar-refractivity contribution in [2.45, 2.75) is 140 Å². The molecule has 102 heavy (non-hydrogen) atoms. The minimum atomic E-state index is -4.97. The molecule has 0 amide bonds. The number of ether oxygens (including phenoxy) is 14. The first kappa shape index (κ1) is 77.9. The van der Waals surface area contributed by atoms with Gasteiger partial charge in [-0.15, -0.1) is 0 Å². The van der Waals surface area contributed by atoms with Gasteiger partial charge in [-0.1, -0.05) is 149 Å². The zero-order valence-corrected chi connectivity index (χ0v) is 61.5. The third kappa shape index (κ3) is 21.9. The fraction of sp³-hybridized carbons (Fsp3) is 0.455. The van der Waals surface area contributed by atoms with Gasteiger partial charge < -0.3 is 66.3 Å². The van der Waals surface area contributed by atoms with Crippen molar-refractivity contribution < 1.29 is 100 Å². The molecular weight excluding hydrogens is 1370 g/mol. The van der Waals surface area contributed by atoms with Gasteiger partial charge in [-0.05, 0) is 106 Å². The lowest BCUT2D eigenvalue weighted by Gasteiger charge is -2.44. The fourth-order valence-corrected chi connectivity index (χ4v) is 18.0. The van der Waals surface area contributed by atoms with Gasteiger partial charge >= 0.3 is 20.8 Å². The molecule has 4 aliphatic heterocycles. The van der Waals surface area contributed by atoms with Gasteiger partial charge in [0.05, 0.1) is 88.4 Å². The summed E-state index contributed by atoms with van der Waals surface area (Å²) in [6, 6.07) is 56.9. The summed E-state index contributed by atoms with van der Waals surface area (Å²) >= 11 is 0. The highest BCUT2D eigenvalue weighted by Gasteiger charge is 2.53. The Labute approximate surface area is 602 Å². The molecule has 7 aromatic carbocycles. The topological polar surface area (TPSA) is 245 Å². The average molecular weight is 1470 g/mol. The van der Waals surface area contributed by atoms with Crippen LogP contribution < -0.4 is 23.7 Å². The van der Waals surface area contributed by atoms with Crippen LogP contribution in [0.1, 0.15) is 85.6 Å². The first-order chi connectivity index (χ1) is 49.3. The van der Waals surface area contributed by atoms with Gasteiger partial charge in [-0.25, -0.2) is 12.5 Å². The van der Waals surface area contributed by atoms with Crippen molar-refractivity contribution in [3.8, 4) is 28.7 Å². The Morgan fingerprint density at radius 3 is 1.31 bits per heavy atom. The molecule has 11 rings (SSSR count). The van der Waals surface area contributed by atoms with Gasteiger partial charge in [-0.2, -0.15) is 16.8 Å². The first-order valence-electron chi connectivity index (χ1n) is 34.1. The summed E-state index contributed by atoms with van der Waals surface area (Å²) in [5.41, 5.74) is 6.15. The highest BCUT2D eigenvalue weighted by Crippen LogP contribution is 2.40. The van der Waals surface area contributed by atoms with Crippen molar-refractivity contribution in [2.24, 2.45) is 17.8 Å². The van der Waals surface area contributed by atoms with Crippen LogP contribution in [0.4, 0.5) is 0 Å². The van der Waals surface area contributed by atoms with E-state index in [0.717, 1.165) is 68.4 Å². The van der Waals surface area contributed by atoms with Crippen LogP contribution in [0.2, 0.25) is 0 Å². The van der Waals surface area contributed by atoms with E-state index in [9.17, 15) is 21.4 Å². The monoisotopic (exact) mass is 1470 g/mol. The van der Waals surface area contributed by atoms with Crippen molar-refractivity contribution in [1.29, 1.82) is 0 Å². The second kappa shape index (κ2) is 37.8. The molecular formula is C77H95O22S3+. The van der Waals surface area contributed by atoms with E-state index in [1.807, 2.05) is 196 Å². The van der Waals surface area contributed by atoms with E-state index in [1.54, 1.807) is 35.5 Å². The Bertz CT molecular complexity index is 3840. The number of rotatable bonds is 32. The van der Waals surface area contributed by atoms with Crippen LogP contribution in [-0.2, 0) is 120 Å². The average Bonchev–Trinajstić information content (AvgIpc) is 0.924. The van der Waals surface area contributed by atoms with Crippen molar-refractivity contribution >= 4 is 31.7 Å². The smallest absolute Gasteiger partial charge is 0.400 e. The molecule has 552 valence electrons. The van der Waals surface area contributed by atoms with Gasteiger partial charge in [0.15, 0.2) is 12.6 Å². The van der Waals surface area contributed by atoms with E-state index in [2.05, 4.69) is 13.8 Å². The lowest BCUT2D eigenvalue weighted by Crippen LogP contribution is -2.57. The molecule has 0 aliphatic carbocycles. The van der Waals surface area contributed by atoms with E-state index in [-0.39, 0.29) is 75.1 Å². The Hall–Kier alpha value is -6.73. The Kier molecular flexibility index (Phi) is 28.9. The minimum absolute atomic E-state index is 0.0110. The lowest BCUT2D eigenvalue weighted by molar-refractivity contribution is -0.300. The van der Waals surface area contributed by atoms with Gasteiger partial charge in [0.1, 0.15) is 100 Å². The summed E-state index contributed by atoms with van der Waals surface area (Å²) < 4.78 is 162. The van der Waals surface area contributed by atoms with Crippen LogP contribution in [-0.4, -0.2) is 148 Å². The SMILES string of the molecule is CC[C@@H]1[C@@H](C)[C@H](OCc2ccc(OC)cc2)C[S+]1C[C@@H](C)[C@@H](OS(=O)(=O)O)[C@H](OCc1ccc(OC)cc1)[C@@H]1OC(c2ccccc2)OC[C@@H]1OCc1ccc(OC)cc1.COc1ccc(CO[C@@H]([C@@H]2OS(=O)(=O)OC[C@H]2C)[C@@H]2OC(c3ccccc3)OC[C@@H]2OCc2ccc(OC)cc2)cc1. The normalized spacial score (nSPS) is 25.4. The van der Waals surface area contributed by atoms with Crippen molar-refractivity contribution in [2.75, 3.05) is 66.9 Å². The molecule has 3 unspecified atom stereocenters. The zero-order chi connectivity index (χ0) is 72.2. The van der Waals surface area contributed by atoms with Gasteiger partial charge in [0.2, 0.25) is 0 Å².